The molecule has 0 unspecified atom stereocenters. The van der Waals surface area contributed by atoms with Crippen LogP contribution in [0, 0.1) is 0 Å². The fourth-order valence-electron chi connectivity index (χ4n) is 2.11. The number of hydrogen-bond donors (Lipinski definition) is 1. The van der Waals surface area contributed by atoms with Gasteiger partial charge in [-0.3, -0.25) is 0 Å². The van der Waals surface area contributed by atoms with Gasteiger partial charge in [0.05, 0.1) is 5.56 Å². The molecule has 1 saturated carbocycles. The van der Waals surface area contributed by atoms with Gasteiger partial charge >= 0.3 is 12.3 Å². The maximum atomic E-state index is 12.5. The molecule has 0 bridgehead atoms. The Labute approximate surface area is 133 Å². The van der Waals surface area contributed by atoms with Gasteiger partial charge in [-0.15, -0.1) is 0 Å². The Hall–Kier alpha value is -1.92. The molecule has 4 nitrogen and oxygen atoms in total. The smallest absolute Gasteiger partial charge is 0.416 e. The van der Waals surface area contributed by atoms with Crippen molar-refractivity contribution in [3.63, 3.8) is 0 Å². The van der Waals surface area contributed by atoms with Crippen molar-refractivity contribution in [2.24, 2.45) is 0 Å². The van der Waals surface area contributed by atoms with Gasteiger partial charge in [-0.2, -0.15) is 13.2 Å². The second-order valence-corrected chi connectivity index (χ2v) is 6.64. The third kappa shape index (κ3) is 5.33. The predicted octanol–water partition coefficient (Wildman–Crippen LogP) is 4.14. The van der Waals surface area contributed by atoms with E-state index in [1.165, 1.54) is 12.1 Å². The minimum atomic E-state index is -4.35. The molecule has 1 aromatic carbocycles. The van der Waals surface area contributed by atoms with Crippen LogP contribution in [0.1, 0.15) is 39.2 Å². The number of halogens is 3. The Kier molecular flexibility index (Phi) is 4.77. The van der Waals surface area contributed by atoms with E-state index in [4.69, 9.17) is 9.47 Å². The Morgan fingerprint density at radius 1 is 1.09 bits per heavy atom. The predicted molar refractivity (Wildman–Crippen MR) is 78.3 cm³/mol. The largest absolute Gasteiger partial charge is 0.490 e. The fourth-order valence-corrected chi connectivity index (χ4v) is 2.11. The number of hydrogen-bond acceptors (Lipinski definition) is 3. The van der Waals surface area contributed by atoms with Crippen molar-refractivity contribution in [2.75, 3.05) is 0 Å². The number of rotatable bonds is 3. The molecule has 0 aliphatic heterocycles. The zero-order chi connectivity index (χ0) is 17.3. The molecule has 1 fully saturated rings. The second-order valence-electron chi connectivity index (χ2n) is 6.64. The van der Waals surface area contributed by atoms with Crippen LogP contribution in [0.2, 0.25) is 0 Å². The summed E-state index contributed by atoms with van der Waals surface area (Å²) in [6.45, 7) is 5.56. The molecule has 1 aromatic rings. The molecule has 7 heteroatoms. The Morgan fingerprint density at radius 3 is 2.13 bits per heavy atom. The van der Waals surface area contributed by atoms with E-state index >= 15 is 0 Å². The molecule has 0 spiro atoms. The zero-order valence-electron chi connectivity index (χ0n) is 13.2. The van der Waals surface area contributed by atoms with Gasteiger partial charge in [-0.25, -0.2) is 4.79 Å². The van der Waals surface area contributed by atoms with Crippen LogP contribution in [0.5, 0.6) is 5.75 Å². The molecule has 1 N–H and O–H groups in total. The van der Waals surface area contributed by atoms with Crippen LogP contribution in [-0.2, 0) is 10.9 Å². The molecule has 0 saturated heterocycles. The minimum absolute atomic E-state index is 0.154. The van der Waals surface area contributed by atoms with E-state index in [1.54, 1.807) is 0 Å². The summed E-state index contributed by atoms with van der Waals surface area (Å²) in [7, 11) is 0. The number of carbonyl (C=O) groups is 1. The summed E-state index contributed by atoms with van der Waals surface area (Å²) < 4.78 is 48.1. The first-order valence-electron chi connectivity index (χ1n) is 7.36. The molecule has 1 amide bonds. The van der Waals surface area contributed by atoms with Crippen molar-refractivity contribution >= 4 is 6.09 Å². The first-order chi connectivity index (χ1) is 10.5. The number of ether oxygens (including phenoxy) is 2. The lowest BCUT2D eigenvalue weighted by Crippen LogP contribution is -2.46. The average Bonchev–Trinajstić information content (AvgIpc) is 2.33. The third-order valence-corrected chi connectivity index (χ3v) is 3.29. The molecule has 2 rings (SSSR count). The van der Waals surface area contributed by atoms with E-state index in [1.807, 2.05) is 20.8 Å². The fraction of sp³-hybridized carbons (Fsp3) is 0.562. The molecule has 128 valence electrons. The summed E-state index contributed by atoms with van der Waals surface area (Å²) in [4.78, 5) is 11.6. The maximum Gasteiger partial charge on any atom is 0.416 e. The molecule has 1 aliphatic rings. The summed E-state index contributed by atoms with van der Waals surface area (Å²) in [6, 6.07) is 4.56. The summed E-state index contributed by atoms with van der Waals surface area (Å²) >= 11 is 0. The zero-order valence-corrected chi connectivity index (χ0v) is 13.2. The van der Waals surface area contributed by atoms with Crippen molar-refractivity contribution < 1.29 is 27.4 Å². The standard InChI is InChI=1S/C16H20F3NO3/c1-15(2,3)20-14(21)23-13-8-12(9-13)22-11-6-4-10(5-7-11)16(17,18)19/h4-7,12-13H,8-9H2,1-3H3,(H,20,21). The SMILES string of the molecule is CC(C)(C)NC(=O)OC1CC(Oc2ccc(C(F)(F)F)cc2)C1. The van der Waals surface area contributed by atoms with Crippen LogP contribution in [-0.4, -0.2) is 23.8 Å². The number of carbonyl (C=O) groups excluding carboxylic acids is 1. The van der Waals surface area contributed by atoms with Gasteiger partial charge < -0.3 is 14.8 Å². The first-order valence-corrected chi connectivity index (χ1v) is 7.36. The number of alkyl carbamates (subject to hydrolysis) is 1. The van der Waals surface area contributed by atoms with Crippen LogP contribution >= 0.6 is 0 Å². The molecular formula is C16H20F3NO3. The first kappa shape index (κ1) is 17.4. The van der Waals surface area contributed by atoms with E-state index in [-0.39, 0.29) is 17.7 Å². The second kappa shape index (κ2) is 6.29. The van der Waals surface area contributed by atoms with Crippen LogP contribution in [0.15, 0.2) is 24.3 Å². The van der Waals surface area contributed by atoms with Crippen LogP contribution in [0.25, 0.3) is 0 Å². The molecule has 0 atom stereocenters. The Bertz CT molecular complexity index is 543. The maximum absolute atomic E-state index is 12.5. The number of alkyl halides is 3. The van der Waals surface area contributed by atoms with Gasteiger partial charge in [0, 0.05) is 18.4 Å². The highest BCUT2D eigenvalue weighted by atomic mass is 19.4. The molecular weight excluding hydrogens is 311 g/mol. The van der Waals surface area contributed by atoms with Gasteiger partial charge in [-0.05, 0) is 45.0 Å². The van der Waals surface area contributed by atoms with E-state index in [9.17, 15) is 18.0 Å². The number of nitrogens with one attached hydrogen (secondary N) is 1. The molecule has 0 aromatic heterocycles. The molecule has 1 aliphatic carbocycles. The van der Waals surface area contributed by atoms with Crippen molar-refractivity contribution in [1.82, 2.24) is 5.32 Å². The van der Waals surface area contributed by atoms with Crippen LogP contribution in [0.4, 0.5) is 18.0 Å². The van der Waals surface area contributed by atoms with E-state index in [0.717, 1.165) is 12.1 Å². The topological polar surface area (TPSA) is 47.6 Å². The number of amides is 1. The quantitative estimate of drug-likeness (QED) is 0.905. The Balaban J connectivity index is 1.75. The lowest BCUT2D eigenvalue weighted by Gasteiger charge is -2.35. The normalized spacial score (nSPS) is 21.3. The van der Waals surface area contributed by atoms with Gasteiger partial charge in [-0.1, -0.05) is 0 Å². The Morgan fingerprint density at radius 2 is 1.65 bits per heavy atom. The van der Waals surface area contributed by atoms with Crippen molar-refractivity contribution in [3.8, 4) is 5.75 Å². The van der Waals surface area contributed by atoms with Gasteiger partial charge in [0.15, 0.2) is 0 Å². The van der Waals surface area contributed by atoms with Gasteiger partial charge in [0.2, 0.25) is 0 Å². The van der Waals surface area contributed by atoms with Gasteiger partial charge in [0.25, 0.3) is 0 Å². The van der Waals surface area contributed by atoms with Crippen molar-refractivity contribution in [3.05, 3.63) is 29.8 Å². The van der Waals surface area contributed by atoms with Crippen LogP contribution < -0.4 is 10.1 Å². The number of benzene rings is 1. The third-order valence-electron chi connectivity index (χ3n) is 3.29. The van der Waals surface area contributed by atoms with Crippen LogP contribution in [0.3, 0.4) is 0 Å². The summed E-state index contributed by atoms with van der Waals surface area (Å²) in [5.41, 5.74) is -1.07. The minimum Gasteiger partial charge on any atom is -0.490 e. The lowest BCUT2D eigenvalue weighted by atomic mass is 9.92. The monoisotopic (exact) mass is 331 g/mol. The van der Waals surface area contributed by atoms with Crippen molar-refractivity contribution in [1.29, 1.82) is 0 Å². The summed E-state index contributed by atoms with van der Waals surface area (Å²) in [5.74, 6) is 0.376. The van der Waals surface area contributed by atoms with E-state index in [2.05, 4.69) is 5.32 Å². The highest BCUT2D eigenvalue weighted by Crippen LogP contribution is 2.32. The van der Waals surface area contributed by atoms with E-state index in [0.29, 0.717) is 18.6 Å². The molecule has 23 heavy (non-hydrogen) atoms. The summed E-state index contributed by atoms with van der Waals surface area (Å²) in [6.07, 6.45) is -4.16. The average molecular weight is 331 g/mol. The highest BCUT2D eigenvalue weighted by Gasteiger charge is 2.35. The lowest BCUT2D eigenvalue weighted by molar-refractivity contribution is -0.137. The molecule has 0 radical (unpaired) electrons. The highest BCUT2D eigenvalue weighted by molar-refractivity contribution is 5.68. The van der Waals surface area contributed by atoms with Crippen molar-refractivity contribution in [2.45, 2.75) is 57.5 Å². The molecule has 0 heterocycles. The van der Waals surface area contributed by atoms with Gasteiger partial charge in [0.1, 0.15) is 18.0 Å². The summed E-state index contributed by atoms with van der Waals surface area (Å²) in [5, 5.41) is 2.69. The van der Waals surface area contributed by atoms with E-state index < -0.39 is 17.8 Å².